The Labute approximate surface area is 114 Å². The molecule has 0 amide bonds. The summed E-state index contributed by atoms with van der Waals surface area (Å²) in [6.07, 6.45) is 2.02. The fourth-order valence-corrected chi connectivity index (χ4v) is 2.24. The summed E-state index contributed by atoms with van der Waals surface area (Å²) < 4.78 is 5.15. The topological polar surface area (TPSA) is 29.5 Å². The van der Waals surface area contributed by atoms with Crippen LogP contribution in [-0.2, 0) is 6.42 Å². The quantitative estimate of drug-likeness (QED) is 0.871. The van der Waals surface area contributed by atoms with Crippen LogP contribution in [0.3, 0.4) is 0 Å². The first kappa shape index (κ1) is 13.5. The molecular weight excluding hydrogens is 236 g/mol. The summed E-state index contributed by atoms with van der Waals surface area (Å²) in [7, 11) is 1.68. The van der Waals surface area contributed by atoms with E-state index in [2.05, 4.69) is 19.1 Å². The highest BCUT2D eigenvalue weighted by Gasteiger charge is 2.09. The lowest BCUT2D eigenvalue weighted by Gasteiger charge is -2.13. The Kier molecular flexibility index (Phi) is 4.45. The molecule has 2 aromatic rings. The zero-order valence-electron chi connectivity index (χ0n) is 11.5. The highest BCUT2D eigenvalue weighted by atomic mass is 16.5. The van der Waals surface area contributed by atoms with E-state index in [1.807, 2.05) is 30.3 Å². The molecule has 2 aromatic carbocycles. The second-order valence-electron chi connectivity index (χ2n) is 4.85. The van der Waals surface area contributed by atoms with E-state index in [1.54, 1.807) is 13.2 Å². The number of aromatic hydroxyl groups is 1. The molecule has 100 valence electrons. The van der Waals surface area contributed by atoms with Crippen LogP contribution >= 0.6 is 0 Å². The number of phenols is 1. The van der Waals surface area contributed by atoms with Gasteiger partial charge >= 0.3 is 0 Å². The van der Waals surface area contributed by atoms with E-state index in [4.69, 9.17) is 4.74 Å². The van der Waals surface area contributed by atoms with Gasteiger partial charge < -0.3 is 9.84 Å². The van der Waals surface area contributed by atoms with Crippen LogP contribution in [0.5, 0.6) is 11.5 Å². The molecule has 2 heteroatoms. The van der Waals surface area contributed by atoms with Crippen LogP contribution in [0.25, 0.3) is 0 Å². The van der Waals surface area contributed by atoms with E-state index in [0.717, 1.165) is 24.2 Å². The molecular formula is C17H20O2. The van der Waals surface area contributed by atoms with E-state index >= 15 is 0 Å². The Bertz CT molecular complexity index is 517. The molecule has 0 aromatic heterocycles. The van der Waals surface area contributed by atoms with Gasteiger partial charge in [-0.25, -0.2) is 0 Å². The Morgan fingerprint density at radius 2 is 1.74 bits per heavy atom. The zero-order chi connectivity index (χ0) is 13.7. The molecule has 0 unspecified atom stereocenters. The van der Waals surface area contributed by atoms with Gasteiger partial charge in [0.15, 0.2) is 0 Å². The van der Waals surface area contributed by atoms with Gasteiger partial charge in [0.1, 0.15) is 11.5 Å². The second-order valence-corrected chi connectivity index (χ2v) is 4.85. The number of hydrogen-bond donors (Lipinski definition) is 1. The maximum Gasteiger partial charge on any atom is 0.119 e. The molecule has 0 radical (unpaired) electrons. The van der Waals surface area contributed by atoms with E-state index in [-0.39, 0.29) is 0 Å². The van der Waals surface area contributed by atoms with Gasteiger partial charge in [-0.1, -0.05) is 37.3 Å². The minimum atomic E-state index is 0.350. The monoisotopic (exact) mass is 256 g/mol. The second kappa shape index (κ2) is 6.28. The lowest BCUT2D eigenvalue weighted by Crippen LogP contribution is -1.97. The summed E-state index contributed by atoms with van der Waals surface area (Å²) in [5.41, 5.74) is 2.32. The van der Waals surface area contributed by atoms with Gasteiger partial charge in [0, 0.05) is 0 Å². The fourth-order valence-electron chi connectivity index (χ4n) is 2.24. The number of phenolic OH excluding ortho intramolecular Hbond substituents is 1. The van der Waals surface area contributed by atoms with Crippen molar-refractivity contribution < 1.29 is 9.84 Å². The number of benzene rings is 2. The van der Waals surface area contributed by atoms with Crippen molar-refractivity contribution in [2.45, 2.75) is 25.7 Å². The van der Waals surface area contributed by atoms with Crippen molar-refractivity contribution in [1.29, 1.82) is 0 Å². The van der Waals surface area contributed by atoms with E-state index in [1.165, 1.54) is 5.56 Å². The van der Waals surface area contributed by atoms with Gasteiger partial charge in [-0.3, -0.25) is 0 Å². The van der Waals surface area contributed by atoms with Gasteiger partial charge in [-0.05, 0) is 48.1 Å². The Balaban J connectivity index is 1.96. The van der Waals surface area contributed by atoms with E-state index in [9.17, 15) is 5.11 Å². The van der Waals surface area contributed by atoms with Crippen molar-refractivity contribution in [2.24, 2.45) is 0 Å². The number of aryl methyl sites for hydroxylation is 1. The van der Waals surface area contributed by atoms with Crippen molar-refractivity contribution >= 4 is 0 Å². The number of hydrogen-bond acceptors (Lipinski definition) is 2. The van der Waals surface area contributed by atoms with Crippen LogP contribution in [0, 0.1) is 0 Å². The molecule has 2 nitrogen and oxygen atoms in total. The SMILES string of the molecule is COc1ccc(CC[C@@H](C)c2ccccc2O)cc1. The highest BCUT2D eigenvalue weighted by Crippen LogP contribution is 2.28. The average molecular weight is 256 g/mol. The van der Waals surface area contributed by atoms with E-state index in [0.29, 0.717) is 11.7 Å². The third-order valence-corrected chi connectivity index (χ3v) is 3.49. The summed E-state index contributed by atoms with van der Waals surface area (Å²) in [6.45, 7) is 2.15. The van der Waals surface area contributed by atoms with Crippen LogP contribution in [0.15, 0.2) is 48.5 Å². The maximum absolute atomic E-state index is 9.83. The lowest BCUT2D eigenvalue weighted by molar-refractivity contribution is 0.414. The molecule has 0 aliphatic carbocycles. The third-order valence-electron chi connectivity index (χ3n) is 3.49. The van der Waals surface area contributed by atoms with Crippen molar-refractivity contribution in [3.8, 4) is 11.5 Å². The first-order valence-corrected chi connectivity index (χ1v) is 6.61. The minimum absolute atomic E-state index is 0.350. The van der Waals surface area contributed by atoms with Gasteiger partial charge in [0.2, 0.25) is 0 Å². The minimum Gasteiger partial charge on any atom is -0.508 e. The lowest BCUT2D eigenvalue weighted by atomic mass is 9.93. The summed E-state index contributed by atoms with van der Waals surface area (Å²) in [5, 5.41) is 9.83. The standard InChI is InChI=1S/C17H20O2/c1-13(16-5-3-4-6-17(16)18)7-8-14-9-11-15(19-2)12-10-14/h3-6,9-13,18H,7-8H2,1-2H3/t13-/m1/s1. The first-order valence-electron chi connectivity index (χ1n) is 6.61. The van der Waals surface area contributed by atoms with Crippen LogP contribution in [0.4, 0.5) is 0 Å². The zero-order valence-corrected chi connectivity index (χ0v) is 11.5. The first-order chi connectivity index (χ1) is 9.20. The number of methoxy groups -OCH3 is 1. The maximum atomic E-state index is 9.83. The van der Waals surface area contributed by atoms with Crippen molar-refractivity contribution in [2.75, 3.05) is 7.11 Å². The van der Waals surface area contributed by atoms with Gasteiger partial charge in [-0.15, -0.1) is 0 Å². The molecule has 19 heavy (non-hydrogen) atoms. The molecule has 0 spiro atoms. The average Bonchev–Trinajstić information content (AvgIpc) is 2.46. The Morgan fingerprint density at radius 1 is 1.05 bits per heavy atom. The van der Waals surface area contributed by atoms with Crippen molar-refractivity contribution in [3.63, 3.8) is 0 Å². The van der Waals surface area contributed by atoms with Crippen LogP contribution < -0.4 is 4.74 Å². The molecule has 0 heterocycles. The van der Waals surface area contributed by atoms with E-state index < -0.39 is 0 Å². The predicted molar refractivity (Wildman–Crippen MR) is 77.8 cm³/mol. The molecule has 0 aliphatic rings. The van der Waals surface area contributed by atoms with Crippen LogP contribution in [0.2, 0.25) is 0 Å². The number of para-hydroxylation sites is 1. The molecule has 0 bridgehead atoms. The summed E-state index contributed by atoms with van der Waals surface area (Å²) >= 11 is 0. The third kappa shape index (κ3) is 3.50. The summed E-state index contributed by atoms with van der Waals surface area (Å²) in [6, 6.07) is 15.7. The normalized spacial score (nSPS) is 12.1. The van der Waals surface area contributed by atoms with Crippen molar-refractivity contribution in [1.82, 2.24) is 0 Å². The largest absolute Gasteiger partial charge is 0.508 e. The smallest absolute Gasteiger partial charge is 0.119 e. The molecule has 0 saturated carbocycles. The van der Waals surface area contributed by atoms with Gasteiger partial charge in [0.05, 0.1) is 7.11 Å². The van der Waals surface area contributed by atoms with Crippen molar-refractivity contribution in [3.05, 3.63) is 59.7 Å². The Morgan fingerprint density at radius 3 is 2.37 bits per heavy atom. The molecule has 1 N–H and O–H groups in total. The Hall–Kier alpha value is -1.96. The number of ether oxygens (including phenoxy) is 1. The fraction of sp³-hybridized carbons (Fsp3) is 0.294. The van der Waals surface area contributed by atoms with Crippen LogP contribution in [0.1, 0.15) is 30.4 Å². The molecule has 0 fully saturated rings. The molecule has 0 aliphatic heterocycles. The number of rotatable bonds is 5. The summed E-state index contributed by atoms with van der Waals surface area (Å²) in [4.78, 5) is 0. The molecule has 0 saturated heterocycles. The summed E-state index contributed by atoms with van der Waals surface area (Å²) in [5.74, 6) is 1.63. The highest BCUT2D eigenvalue weighted by molar-refractivity contribution is 5.34. The predicted octanol–water partition coefficient (Wildman–Crippen LogP) is 4.14. The van der Waals surface area contributed by atoms with Gasteiger partial charge in [-0.2, -0.15) is 0 Å². The van der Waals surface area contributed by atoms with Crippen LogP contribution in [-0.4, -0.2) is 12.2 Å². The molecule has 2 rings (SSSR count). The van der Waals surface area contributed by atoms with Gasteiger partial charge in [0.25, 0.3) is 0 Å². The molecule has 1 atom stereocenters.